The van der Waals surface area contributed by atoms with Crippen LogP contribution >= 0.6 is 24.0 Å². The van der Waals surface area contributed by atoms with Gasteiger partial charge in [0.25, 0.3) is 0 Å². The molecule has 0 atom stereocenters. The molecule has 154 valence electrons. The molecule has 2 heterocycles. The van der Waals surface area contributed by atoms with Crippen LogP contribution in [0.3, 0.4) is 0 Å². The molecule has 0 radical (unpaired) electrons. The van der Waals surface area contributed by atoms with Gasteiger partial charge >= 0.3 is 0 Å². The Morgan fingerprint density at radius 3 is 2.72 bits per heavy atom. The molecule has 6 heteroatoms. The highest BCUT2D eigenvalue weighted by atomic mass is 127. The highest BCUT2D eigenvalue weighted by molar-refractivity contribution is 14.0. The van der Waals surface area contributed by atoms with E-state index < -0.39 is 0 Å². The minimum Gasteiger partial charge on any atom is -0.493 e. The van der Waals surface area contributed by atoms with E-state index in [0.29, 0.717) is 0 Å². The summed E-state index contributed by atoms with van der Waals surface area (Å²) in [5, 5.41) is 8.16. The first-order chi connectivity index (χ1) is 13.7. The number of aryl methyl sites for hydroxylation is 1. The number of guanidine groups is 1. The maximum Gasteiger partial charge on any atom is 0.190 e. The van der Waals surface area contributed by atoms with Gasteiger partial charge in [-0.2, -0.15) is 0 Å². The van der Waals surface area contributed by atoms with E-state index >= 15 is 0 Å². The van der Waals surface area contributed by atoms with Crippen molar-refractivity contribution in [3.63, 3.8) is 0 Å². The molecule has 2 aromatic carbocycles. The Hall–Kier alpha value is -2.22. The molecule has 0 saturated heterocycles. The molecule has 3 aromatic rings. The van der Waals surface area contributed by atoms with E-state index in [0.717, 1.165) is 50.7 Å². The number of aromatic nitrogens is 1. The molecule has 1 aliphatic rings. The van der Waals surface area contributed by atoms with Crippen molar-refractivity contribution in [1.82, 2.24) is 15.6 Å². The number of rotatable bonds is 6. The monoisotopic (exact) mass is 504 g/mol. The van der Waals surface area contributed by atoms with Crippen LogP contribution in [0.25, 0.3) is 10.9 Å². The number of aliphatic imine (C=N–C) groups is 1. The standard InChI is InChI=1S/C23H28N4O.HI/c1-16-19(20-5-3-4-6-21(20)27-16)10-13-26-23(24-2)25-12-9-17-7-8-22-18(15-17)11-14-28-22;/h3-8,15,27H,9-14H2,1-2H3,(H2,24,25,26);1H. The van der Waals surface area contributed by atoms with E-state index in [4.69, 9.17) is 4.74 Å². The summed E-state index contributed by atoms with van der Waals surface area (Å²) in [6.07, 6.45) is 2.95. The van der Waals surface area contributed by atoms with Crippen LogP contribution < -0.4 is 15.4 Å². The first kappa shape index (κ1) is 21.5. The zero-order valence-corrected chi connectivity index (χ0v) is 19.4. The lowest BCUT2D eigenvalue weighted by Gasteiger charge is -2.12. The Morgan fingerprint density at radius 1 is 1.10 bits per heavy atom. The number of hydrogen-bond acceptors (Lipinski definition) is 2. The van der Waals surface area contributed by atoms with Crippen LogP contribution in [0.5, 0.6) is 5.75 Å². The average Bonchev–Trinajstić information content (AvgIpc) is 3.30. The van der Waals surface area contributed by atoms with Gasteiger partial charge < -0.3 is 20.4 Å². The van der Waals surface area contributed by atoms with Gasteiger partial charge in [0, 0.05) is 43.2 Å². The summed E-state index contributed by atoms with van der Waals surface area (Å²) in [5.41, 5.74) is 6.48. The van der Waals surface area contributed by atoms with Crippen molar-refractivity contribution >= 4 is 40.8 Å². The van der Waals surface area contributed by atoms with E-state index in [1.165, 1.54) is 33.3 Å². The molecule has 0 aliphatic carbocycles. The molecule has 0 fully saturated rings. The van der Waals surface area contributed by atoms with Crippen LogP contribution in [0, 0.1) is 6.92 Å². The molecular formula is C23H29IN4O. The lowest BCUT2D eigenvalue weighted by molar-refractivity contribution is 0.357. The quantitative estimate of drug-likeness (QED) is 0.271. The Labute approximate surface area is 189 Å². The average molecular weight is 504 g/mol. The smallest absolute Gasteiger partial charge is 0.190 e. The fourth-order valence-corrected chi connectivity index (χ4v) is 3.90. The number of nitrogens with one attached hydrogen (secondary N) is 3. The molecule has 3 N–H and O–H groups in total. The maximum absolute atomic E-state index is 5.58. The van der Waals surface area contributed by atoms with Crippen molar-refractivity contribution in [1.29, 1.82) is 0 Å². The largest absolute Gasteiger partial charge is 0.493 e. The molecule has 0 spiro atoms. The Kier molecular flexibility index (Phi) is 7.41. The van der Waals surface area contributed by atoms with Gasteiger partial charge in [0.1, 0.15) is 5.75 Å². The Balaban J connectivity index is 0.00000240. The van der Waals surface area contributed by atoms with Gasteiger partial charge in [-0.15, -0.1) is 24.0 Å². The van der Waals surface area contributed by atoms with Gasteiger partial charge in [0.15, 0.2) is 5.96 Å². The fraction of sp³-hybridized carbons (Fsp3) is 0.348. The van der Waals surface area contributed by atoms with E-state index in [9.17, 15) is 0 Å². The number of fused-ring (bicyclic) bond motifs is 2. The topological polar surface area (TPSA) is 61.4 Å². The summed E-state index contributed by atoms with van der Waals surface area (Å²) < 4.78 is 5.58. The number of halogens is 1. The minimum atomic E-state index is 0. The highest BCUT2D eigenvalue weighted by Gasteiger charge is 2.12. The number of H-pyrrole nitrogens is 1. The van der Waals surface area contributed by atoms with Crippen molar-refractivity contribution in [3.05, 3.63) is 64.8 Å². The first-order valence-electron chi connectivity index (χ1n) is 10.00. The Morgan fingerprint density at radius 2 is 1.90 bits per heavy atom. The van der Waals surface area contributed by atoms with Gasteiger partial charge in [-0.1, -0.05) is 30.3 Å². The number of hydrogen-bond donors (Lipinski definition) is 3. The van der Waals surface area contributed by atoms with Crippen molar-refractivity contribution in [3.8, 4) is 5.75 Å². The second-order valence-corrected chi connectivity index (χ2v) is 7.24. The fourth-order valence-electron chi connectivity index (χ4n) is 3.90. The molecule has 1 aromatic heterocycles. The van der Waals surface area contributed by atoms with E-state index in [-0.39, 0.29) is 24.0 Å². The lowest BCUT2D eigenvalue weighted by atomic mass is 10.1. The highest BCUT2D eigenvalue weighted by Crippen LogP contribution is 2.26. The molecule has 0 saturated carbocycles. The summed E-state index contributed by atoms with van der Waals surface area (Å²) in [7, 11) is 1.82. The predicted molar refractivity (Wildman–Crippen MR) is 131 cm³/mol. The van der Waals surface area contributed by atoms with Gasteiger partial charge in [-0.3, -0.25) is 4.99 Å². The summed E-state index contributed by atoms with van der Waals surface area (Å²) >= 11 is 0. The minimum absolute atomic E-state index is 0. The second-order valence-electron chi connectivity index (χ2n) is 7.24. The molecular weight excluding hydrogens is 475 g/mol. The summed E-state index contributed by atoms with van der Waals surface area (Å²) in [4.78, 5) is 7.81. The van der Waals surface area contributed by atoms with E-state index in [2.05, 4.69) is 70.0 Å². The SMILES string of the molecule is CN=C(NCCc1ccc2c(c1)CCO2)NCCc1c(C)[nH]c2ccccc12.I. The maximum atomic E-state index is 5.58. The molecule has 0 unspecified atom stereocenters. The van der Waals surface area contributed by atoms with Crippen LogP contribution in [-0.4, -0.2) is 37.7 Å². The summed E-state index contributed by atoms with van der Waals surface area (Å²) in [6, 6.07) is 15.0. The number of nitrogens with zero attached hydrogens (tertiary/aromatic N) is 1. The number of aromatic amines is 1. The summed E-state index contributed by atoms with van der Waals surface area (Å²) in [5.74, 6) is 1.89. The van der Waals surface area contributed by atoms with Gasteiger partial charge in [0.05, 0.1) is 6.61 Å². The third-order valence-corrected chi connectivity index (χ3v) is 5.38. The van der Waals surface area contributed by atoms with Crippen LogP contribution in [0.2, 0.25) is 0 Å². The zero-order chi connectivity index (χ0) is 19.3. The molecule has 0 amide bonds. The van der Waals surface area contributed by atoms with Crippen LogP contribution in [-0.2, 0) is 19.3 Å². The van der Waals surface area contributed by atoms with Crippen LogP contribution in [0.1, 0.15) is 22.4 Å². The van der Waals surface area contributed by atoms with Crippen molar-refractivity contribution in [2.75, 3.05) is 26.7 Å². The van der Waals surface area contributed by atoms with Gasteiger partial charge in [-0.05, 0) is 48.6 Å². The normalized spacial score (nSPS) is 13.0. The third-order valence-electron chi connectivity index (χ3n) is 5.38. The molecule has 4 rings (SSSR count). The van der Waals surface area contributed by atoms with Crippen molar-refractivity contribution in [2.45, 2.75) is 26.2 Å². The van der Waals surface area contributed by atoms with E-state index in [1.807, 2.05) is 7.05 Å². The number of benzene rings is 2. The lowest BCUT2D eigenvalue weighted by Crippen LogP contribution is -2.39. The first-order valence-corrected chi connectivity index (χ1v) is 10.00. The van der Waals surface area contributed by atoms with Crippen molar-refractivity contribution < 1.29 is 4.74 Å². The molecule has 5 nitrogen and oxygen atoms in total. The second kappa shape index (κ2) is 10.0. The molecule has 29 heavy (non-hydrogen) atoms. The predicted octanol–water partition coefficient (Wildman–Crippen LogP) is 3.98. The van der Waals surface area contributed by atoms with E-state index in [1.54, 1.807) is 0 Å². The zero-order valence-electron chi connectivity index (χ0n) is 17.0. The number of para-hydroxylation sites is 1. The molecule has 0 bridgehead atoms. The number of ether oxygens (including phenoxy) is 1. The summed E-state index contributed by atoms with van der Waals surface area (Å²) in [6.45, 7) is 4.65. The Bertz CT molecular complexity index is 996. The van der Waals surface area contributed by atoms with Crippen molar-refractivity contribution in [2.24, 2.45) is 4.99 Å². The van der Waals surface area contributed by atoms with Gasteiger partial charge in [0.2, 0.25) is 0 Å². The molecule has 1 aliphatic heterocycles. The third kappa shape index (κ3) is 5.04. The van der Waals surface area contributed by atoms with Crippen LogP contribution in [0.15, 0.2) is 47.5 Å². The van der Waals surface area contributed by atoms with Gasteiger partial charge in [-0.25, -0.2) is 0 Å². The van der Waals surface area contributed by atoms with Crippen LogP contribution in [0.4, 0.5) is 0 Å².